The topological polar surface area (TPSA) is 18.5 Å². The first-order valence-electron chi connectivity index (χ1n) is 12.7. The molecule has 1 aromatic carbocycles. The van der Waals surface area contributed by atoms with Crippen molar-refractivity contribution in [3.63, 3.8) is 0 Å². The third kappa shape index (κ3) is 6.76. The molecule has 0 aliphatic heterocycles. The highest BCUT2D eigenvalue weighted by Crippen LogP contribution is 2.41. The van der Waals surface area contributed by atoms with E-state index in [0.29, 0.717) is 18.3 Å². The fraction of sp³-hybridized carbons (Fsp3) is 0.448. The Balaban J connectivity index is 1.42. The van der Waals surface area contributed by atoms with Crippen LogP contribution in [0.4, 0.5) is 35.1 Å². The van der Waals surface area contributed by atoms with Gasteiger partial charge in [-0.25, -0.2) is 8.78 Å². The minimum atomic E-state index is -5.18. The van der Waals surface area contributed by atoms with Crippen molar-refractivity contribution >= 4 is 0 Å². The molecule has 0 amide bonds. The minimum Gasteiger partial charge on any atom is -0.429 e. The Labute approximate surface area is 221 Å². The molecular weight excluding hydrogens is 532 g/mol. The predicted octanol–water partition coefficient (Wildman–Crippen LogP) is 9.46. The van der Waals surface area contributed by atoms with E-state index in [4.69, 9.17) is 0 Å². The lowest BCUT2D eigenvalue weighted by atomic mass is 9.75. The van der Waals surface area contributed by atoms with Crippen molar-refractivity contribution in [1.82, 2.24) is 0 Å². The molecule has 0 spiro atoms. The molecule has 0 aromatic heterocycles. The van der Waals surface area contributed by atoms with Gasteiger partial charge >= 0.3 is 18.6 Å². The summed E-state index contributed by atoms with van der Waals surface area (Å²) in [4.78, 5) is 0. The zero-order chi connectivity index (χ0) is 28.4. The molecule has 212 valence electrons. The van der Waals surface area contributed by atoms with Gasteiger partial charge in [-0.3, -0.25) is 0 Å². The lowest BCUT2D eigenvalue weighted by molar-refractivity contribution is -0.255. The van der Waals surface area contributed by atoms with Crippen molar-refractivity contribution in [3.8, 4) is 11.5 Å². The molecule has 0 bridgehead atoms. The van der Waals surface area contributed by atoms with Crippen LogP contribution in [0.2, 0.25) is 0 Å². The minimum absolute atomic E-state index is 0.0783. The van der Waals surface area contributed by atoms with E-state index in [1.165, 1.54) is 11.6 Å². The van der Waals surface area contributed by atoms with E-state index in [2.05, 4.69) is 22.1 Å². The van der Waals surface area contributed by atoms with Crippen LogP contribution in [0.25, 0.3) is 0 Å². The molecule has 1 aromatic rings. The van der Waals surface area contributed by atoms with Gasteiger partial charge in [0.15, 0.2) is 17.4 Å². The standard InChI is InChI=1S/C29H28F8O2/c1-2-17-3-5-18(6-4-17)19-7-9-20(10-8-19)21-11-13-22(14-12-21)28(34,35)38-23-15-24(30)26(25(31)16-23)39-29(36,37)27(32)33/h2,7,9,11,13,15-18,27H,1,3-6,8,10,12,14H2. The Morgan fingerprint density at radius 2 is 1.38 bits per heavy atom. The first-order valence-corrected chi connectivity index (χ1v) is 12.7. The lowest BCUT2D eigenvalue weighted by Crippen LogP contribution is -2.34. The number of benzene rings is 1. The van der Waals surface area contributed by atoms with Crippen molar-refractivity contribution in [3.05, 3.63) is 83.0 Å². The normalized spacial score (nSPS) is 22.5. The highest BCUT2D eigenvalue weighted by atomic mass is 19.3. The lowest BCUT2D eigenvalue weighted by Gasteiger charge is -2.30. The van der Waals surface area contributed by atoms with Crippen molar-refractivity contribution in [2.45, 2.75) is 70.0 Å². The molecule has 3 aliphatic carbocycles. The van der Waals surface area contributed by atoms with Gasteiger partial charge in [-0.15, -0.1) is 6.58 Å². The largest absolute Gasteiger partial charge is 0.461 e. The summed E-state index contributed by atoms with van der Waals surface area (Å²) in [5, 5.41) is 0. The second-order valence-electron chi connectivity index (χ2n) is 9.96. The summed E-state index contributed by atoms with van der Waals surface area (Å²) in [7, 11) is 0. The summed E-state index contributed by atoms with van der Waals surface area (Å²) in [5.41, 5.74) is 2.96. The Hall–Kier alpha value is -3.04. The zero-order valence-electron chi connectivity index (χ0n) is 21.0. The zero-order valence-corrected chi connectivity index (χ0v) is 21.0. The molecule has 0 unspecified atom stereocenters. The summed E-state index contributed by atoms with van der Waals surface area (Å²) >= 11 is 0. The molecule has 2 nitrogen and oxygen atoms in total. The second-order valence-corrected chi connectivity index (χ2v) is 9.96. The Bertz CT molecular complexity index is 1180. The van der Waals surface area contributed by atoms with Crippen LogP contribution in [0.15, 0.2) is 71.4 Å². The second kappa shape index (κ2) is 11.6. The van der Waals surface area contributed by atoms with Gasteiger partial charge in [-0.2, -0.15) is 26.3 Å². The van der Waals surface area contributed by atoms with E-state index >= 15 is 0 Å². The highest BCUT2D eigenvalue weighted by Gasteiger charge is 2.45. The number of ether oxygens (including phenoxy) is 2. The van der Waals surface area contributed by atoms with Crippen LogP contribution in [0, 0.1) is 23.5 Å². The smallest absolute Gasteiger partial charge is 0.429 e. The fourth-order valence-electron chi connectivity index (χ4n) is 5.22. The van der Waals surface area contributed by atoms with E-state index in [1.807, 2.05) is 12.2 Å². The van der Waals surface area contributed by atoms with Crippen LogP contribution in [-0.2, 0) is 0 Å². The first-order chi connectivity index (χ1) is 18.4. The van der Waals surface area contributed by atoms with Gasteiger partial charge in [0.2, 0.25) is 0 Å². The summed E-state index contributed by atoms with van der Waals surface area (Å²) < 4.78 is 116. The average Bonchev–Trinajstić information content (AvgIpc) is 2.91. The van der Waals surface area contributed by atoms with Crippen molar-refractivity contribution in [1.29, 1.82) is 0 Å². The first kappa shape index (κ1) is 29.0. The van der Waals surface area contributed by atoms with Gasteiger partial charge < -0.3 is 9.47 Å². The van der Waals surface area contributed by atoms with E-state index in [9.17, 15) is 35.1 Å². The fourth-order valence-corrected chi connectivity index (χ4v) is 5.22. The number of rotatable bonds is 9. The predicted molar refractivity (Wildman–Crippen MR) is 130 cm³/mol. The molecule has 1 saturated carbocycles. The summed E-state index contributed by atoms with van der Waals surface area (Å²) in [6.07, 6.45) is 2.00. The number of hydrogen-bond acceptors (Lipinski definition) is 2. The molecule has 0 radical (unpaired) electrons. The third-order valence-corrected chi connectivity index (χ3v) is 7.46. The van der Waals surface area contributed by atoms with Crippen LogP contribution in [-0.4, -0.2) is 18.6 Å². The van der Waals surface area contributed by atoms with Crippen LogP contribution in [0.3, 0.4) is 0 Å². The van der Waals surface area contributed by atoms with Crippen LogP contribution in [0.1, 0.15) is 51.4 Å². The molecule has 0 heterocycles. The van der Waals surface area contributed by atoms with Gasteiger partial charge in [0, 0.05) is 17.7 Å². The molecule has 1 fully saturated rings. The van der Waals surface area contributed by atoms with Crippen molar-refractivity contribution in [2.75, 3.05) is 0 Å². The molecule has 3 aliphatic rings. The van der Waals surface area contributed by atoms with E-state index < -0.39 is 47.3 Å². The van der Waals surface area contributed by atoms with E-state index in [-0.39, 0.29) is 18.6 Å². The van der Waals surface area contributed by atoms with Gasteiger partial charge in [0.1, 0.15) is 5.75 Å². The number of alkyl halides is 6. The Morgan fingerprint density at radius 3 is 1.87 bits per heavy atom. The van der Waals surface area contributed by atoms with Crippen LogP contribution in [0.5, 0.6) is 11.5 Å². The van der Waals surface area contributed by atoms with E-state index in [1.54, 1.807) is 6.08 Å². The van der Waals surface area contributed by atoms with Crippen molar-refractivity contribution in [2.24, 2.45) is 11.8 Å². The maximum Gasteiger partial charge on any atom is 0.461 e. The van der Waals surface area contributed by atoms with Crippen LogP contribution < -0.4 is 9.47 Å². The molecular formula is C29H28F8O2. The van der Waals surface area contributed by atoms with Gasteiger partial charge in [0.05, 0.1) is 0 Å². The highest BCUT2D eigenvalue weighted by molar-refractivity contribution is 5.44. The number of allylic oxidation sites excluding steroid dienone is 8. The molecule has 39 heavy (non-hydrogen) atoms. The van der Waals surface area contributed by atoms with E-state index in [0.717, 1.165) is 49.7 Å². The Kier molecular flexibility index (Phi) is 8.61. The molecule has 0 N–H and O–H groups in total. The summed E-state index contributed by atoms with van der Waals surface area (Å²) in [6.45, 7) is 3.88. The maximum atomic E-state index is 14.8. The summed E-state index contributed by atoms with van der Waals surface area (Å²) in [6, 6.07) is 0.332. The SMILES string of the molecule is C=CC1CCC(C2=CC=C(C3=CC=C(C(F)(F)Oc4cc(F)c(OC(F)(F)C(F)F)c(F)c4)CC3)CC2)CC1. The molecule has 4 rings (SSSR count). The average molecular weight is 561 g/mol. The maximum absolute atomic E-state index is 14.8. The van der Waals surface area contributed by atoms with Gasteiger partial charge in [-0.05, 0) is 74.3 Å². The molecule has 0 saturated heterocycles. The number of halogens is 8. The quantitative estimate of drug-likeness (QED) is 0.221. The molecule has 10 heteroatoms. The van der Waals surface area contributed by atoms with Gasteiger partial charge in [-0.1, -0.05) is 36.0 Å². The Morgan fingerprint density at radius 1 is 0.795 bits per heavy atom. The summed E-state index contributed by atoms with van der Waals surface area (Å²) in [5.74, 6) is -5.49. The van der Waals surface area contributed by atoms with Crippen molar-refractivity contribution < 1.29 is 44.6 Å². The van der Waals surface area contributed by atoms with Gasteiger partial charge in [0.25, 0.3) is 0 Å². The monoisotopic (exact) mass is 560 g/mol. The molecule has 0 atom stereocenters. The van der Waals surface area contributed by atoms with Crippen LogP contribution >= 0.6 is 0 Å². The third-order valence-electron chi connectivity index (χ3n) is 7.46. The number of hydrogen-bond donors (Lipinski definition) is 0.